The maximum Gasteiger partial charge on any atom is 0.242 e. The lowest BCUT2D eigenvalue weighted by atomic mass is 10.00. The van der Waals surface area contributed by atoms with Crippen LogP contribution in [-0.4, -0.2) is 29.8 Å². The number of rotatable bonds is 8. The van der Waals surface area contributed by atoms with E-state index in [1.165, 1.54) is 11.1 Å². The van der Waals surface area contributed by atoms with Crippen molar-refractivity contribution in [1.29, 1.82) is 0 Å². The van der Waals surface area contributed by atoms with Crippen molar-refractivity contribution in [2.45, 2.75) is 59.0 Å². The molecule has 2 amide bonds. The SMILES string of the molecule is CNC(=O)[C@H](C)N(Cc1ccc(C)cc1)C(=O)CCc1ccc(C(C)C)cc1. The van der Waals surface area contributed by atoms with Crippen LogP contribution in [0.5, 0.6) is 0 Å². The summed E-state index contributed by atoms with van der Waals surface area (Å²) >= 11 is 0. The minimum Gasteiger partial charge on any atom is -0.357 e. The van der Waals surface area contributed by atoms with Crippen LogP contribution in [0.3, 0.4) is 0 Å². The molecular formula is C24H32N2O2. The standard InChI is InChI=1S/C24H32N2O2/c1-17(2)22-13-10-20(11-14-22)12-15-23(27)26(19(4)24(28)25-5)16-21-8-6-18(3)7-9-21/h6-11,13-14,17,19H,12,15-16H2,1-5H3,(H,25,28)/t19-/m0/s1. The highest BCUT2D eigenvalue weighted by Crippen LogP contribution is 2.17. The van der Waals surface area contributed by atoms with Gasteiger partial charge in [-0.2, -0.15) is 0 Å². The number of hydrogen-bond donors (Lipinski definition) is 1. The molecule has 4 nitrogen and oxygen atoms in total. The maximum absolute atomic E-state index is 13.0. The van der Waals surface area contributed by atoms with E-state index in [0.29, 0.717) is 25.3 Å². The van der Waals surface area contributed by atoms with Crippen LogP contribution in [0.25, 0.3) is 0 Å². The first-order chi connectivity index (χ1) is 13.3. The Morgan fingerprint density at radius 1 is 0.929 bits per heavy atom. The third-order valence-electron chi connectivity index (χ3n) is 5.16. The van der Waals surface area contributed by atoms with Crippen LogP contribution in [0.2, 0.25) is 0 Å². The molecule has 0 radical (unpaired) electrons. The lowest BCUT2D eigenvalue weighted by Crippen LogP contribution is -2.46. The number of hydrogen-bond acceptors (Lipinski definition) is 2. The van der Waals surface area contributed by atoms with Gasteiger partial charge in [0.05, 0.1) is 0 Å². The molecule has 150 valence electrons. The second-order valence-electron chi connectivity index (χ2n) is 7.69. The van der Waals surface area contributed by atoms with Crippen LogP contribution in [0.1, 0.15) is 55.4 Å². The van der Waals surface area contributed by atoms with Gasteiger partial charge >= 0.3 is 0 Å². The predicted molar refractivity (Wildman–Crippen MR) is 114 cm³/mol. The van der Waals surface area contributed by atoms with Crippen LogP contribution >= 0.6 is 0 Å². The monoisotopic (exact) mass is 380 g/mol. The van der Waals surface area contributed by atoms with Gasteiger partial charge in [-0.1, -0.05) is 67.9 Å². The minimum absolute atomic E-state index is 0.00962. The van der Waals surface area contributed by atoms with E-state index < -0.39 is 6.04 Å². The van der Waals surface area contributed by atoms with Gasteiger partial charge in [0.2, 0.25) is 11.8 Å². The summed E-state index contributed by atoms with van der Waals surface area (Å²) < 4.78 is 0. The Kier molecular flexibility index (Phi) is 7.80. The van der Waals surface area contributed by atoms with Crippen molar-refractivity contribution in [2.24, 2.45) is 0 Å². The van der Waals surface area contributed by atoms with E-state index in [1.807, 2.05) is 31.2 Å². The van der Waals surface area contributed by atoms with Gasteiger partial charge in [0.25, 0.3) is 0 Å². The van der Waals surface area contributed by atoms with Crippen molar-refractivity contribution < 1.29 is 9.59 Å². The molecule has 0 spiro atoms. The zero-order chi connectivity index (χ0) is 20.7. The van der Waals surface area contributed by atoms with E-state index in [2.05, 4.69) is 43.4 Å². The molecular weight excluding hydrogens is 348 g/mol. The first-order valence-electron chi connectivity index (χ1n) is 9.97. The predicted octanol–water partition coefficient (Wildman–Crippen LogP) is 4.21. The molecule has 0 heterocycles. The number of likely N-dealkylation sites (N-methyl/N-ethyl adjacent to an activating group) is 1. The fourth-order valence-electron chi connectivity index (χ4n) is 3.15. The third-order valence-corrected chi connectivity index (χ3v) is 5.16. The number of benzene rings is 2. The summed E-state index contributed by atoms with van der Waals surface area (Å²) in [4.78, 5) is 26.8. The molecule has 2 aromatic rings. The quantitative estimate of drug-likeness (QED) is 0.746. The van der Waals surface area contributed by atoms with Gasteiger partial charge in [0.15, 0.2) is 0 Å². The molecule has 0 saturated carbocycles. The fourth-order valence-corrected chi connectivity index (χ4v) is 3.15. The van der Waals surface area contributed by atoms with Gasteiger partial charge < -0.3 is 10.2 Å². The zero-order valence-corrected chi connectivity index (χ0v) is 17.7. The highest BCUT2D eigenvalue weighted by Gasteiger charge is 2.25. The molecule has 2 rings (SSSR count). The van der Waals surface area contributed by atoms with Crippen molar-refractivity contribution in [1.82, 2.24) is 10.2 Å². The number of nitrogens with zero attached hydrogens (tertiary/aromatic N) is 1. The highest BCUT2D eigenvalue weighted by atomic mass is 16.2. The van der Waals surface area contributed by atoms with E-state index in [0.717, 1.165) is 11.1 Å². The molecule has 0 aliphatic carbocycles. The van der Waals surface area contributed by atoms with Gasteiger partial charge in [-0.15, -0.1) is 0 Å². The van der Waals surface area contributed by atoms with E-state index in [4.69, 9.17) is 0 Å². The second kappa shape index (κ2) is 10.1. The lowest BCUT2D eigenvalue weighted by Gasteiger charge is -2.28. The molecule has 2 aromatic carbocycles. The number of carbonyl (C=O) groups excluding carboxylic acids is 2. The van der Waals surface area contributed by atoms with Crippen LogP contribution in [0.4, 0.5) is 0 Å². The Balaban J connectivity index is 2.09. The normalized spacial score (nSPS) is 11.9. The van der Waals surface area contributed by atoms with Crippen molar-refractivity contribution in [3.63, 3.8) is 0 Å². The molecule has 0 aliphatic heterocycles. The maximum atomic E-state index is 13.0. The van der Waals surface area contributed by atoms with Gasteiger partial charge in [-0.3, -0.25) is 9.59 Å². The summed E-state index contributed by atoms with van der Waals surface area (Å²) in [5, 5.41) is 2.65. The lowest BCUT2D eigenvalue weighted by molar-refractivity contribution is -0.140. The topological polar surface area (TPSA) is 49.4 Å². The number of amides is 2. The molecule has 1 N–H and O–H groups in total. The average Bonchev–Trinajstić information content (AvgIpc) is 2.70. The summed E-state index contributed by atoms with van der Waals surface area (Å²) in [6.07, 6.45) is 1.05. The van der Waals surface area contributed by atoms with E-state index in [1.54, 1.807) is 18.9 Å². The molecule has 0 aromatic heterocycles. The Hall–Kier alpha value is -2.62. The highest BCUT2D eigenvalue weighted by molar-refractivity contribution is 5.87. The Morgan fingerprint density at radius 3 is 2.04 bits per heavy atom. The van der Waals surface area contributed by atoms with Gasteiger partial charge in [0, 0.05) is 20.0 Å². The summed E-state index contributed by atoms with van der Waals surface area (Å²) in [5.41, 5.74) is 4.63. The van der Waals surface area contributed by atoms with Crippen LogP contribution in [0.15, 0.2) is 48.5 Å². The molecule has 0 saturated heterocycles. The van der Waals surface area contributed by atoms with Crippen molar-refractivity contribution >= 4 is 11.8 Å². The van der Waals surface area contributed by atoms with Crippen molar-refractivity contribution in [3.05, 3.63) is 70.8 Å². The molecule has 0 unspecified atom stereocenters. The van der Waals surface area contributed by atoms with Crippen molar-refractivity contribution in [2.75, 3.05) is 7.05 Å². The molecule has 0 aliphatic rings. The van der Waals surface area contributed by atoms with Crippen LogP contribution in [-0.2, 0) is 22.6 Å². The van der Waals surface area contributed by atoms with E-state index >= 15 is 0 Å². The van der Waals surface area contributed by atoms with Crippen LogP contribution in [0, 0.1) is 6.92 Å². The first kappa shape index (κ1) is 21.7. The molecule has 1 atom stereocenters. The second-order valence-corrected chi connectivity index (χ2v) is 7.69. The minimum atomic E-state index is -0.512. The third kappa shape index (κ3) is 5.95. The summed E-state index contributed by atoms with van der Waals surface area (Å²) in [6.45, 7) is 8.58. The smallest absolute Gasteiger partial charge is 0.242 e. The van der Waals surface area contributed by atoms with E-state index in [-0.39, 0.29) is 11.8 Å². The summed E-state index contributed by atoms with van der Waals surface area (Å²) in [5.74, 6) is 0.334. The number of aryl methyl sites for hydroxylation is 2. The molecule has 28 heavy (non-hydrogen) atoms. The summed E-state index contributed by atoms with van der Waals surface area (Å²) in [6, 6.07) is 16.0. The van der Waals surface area contributed by atoms with E-state index in [9.17, 15) is 9.59 Å². The summed E-state index contributed by atoms with van der Waals surface area (Å²) in [7, 11) is 1.60. The van der Waals surface area contributed by atoms with Gasteiger partial charge in [-0.25, -0.2) is 0 Å². The first-order valence-corrected chi connectivity index (χ1v) is 9.97. The molecule has 0 fully saturated rings. The Bertz CT molecular complexity index is 779. The Morgan fingerprint density at radius 2 is 1.50 bits per heavy atom. The zero-order valence-electron chi connectivity index (χ0n) is 17.7. The fraction of sp³-hybridized carbons (Fsp3) is 0.417. The number of nitrogens with one attached hydrogen (secondary N) is 1. The van der Waals surface area contributed by atoms with Gasteiger partial charge in [-0.05, 0) is 42.9 Å². The van der Waals surface area contributed by atoms with Crippen molar-refractivity contribution in [3.8, 4) is 0 Å². The average molecular weight is 381 g/mol. The van der Waals surface area contributed by atoms with Crippen LogP contribution < -0.4 is 5.32 Å². The largest absolute Gasteiger partial charge is 0.357 e. The molecule has 4 heteroatoms. The molecule has 0 bridgehead atoms. The van der Waals surface area contributed by atoms with Gasteiger partial charge in [0.1, 0.15) is 6.04 Å². The number of carbonyl (C=O) groups is 2. The Labute approximate surface area is 169 Å².